The molecular formula is C11H15ClN2O. The lowest BCUT2D eigenvalue weighted by atomic mass is 9.90. The Hall–Kier alpha value is -0.800. The van der Waals surface area contributed by atoms with E-state index < -0.39 is 0 Å². The van der Waals surface area contributed by atoms with Gasteiger partial charge in [0.15, 0.2) is 0 Å². The van der Waals surface area contributed by atoms with Crippen molar-refractivity contribution in [2.24, 2.45) is 5.92 Å². The molecule has 0 amide bonds. The fraction of sp³-hybridized carbons (Fsp3) is 0.545. The summed E-state index contributed by atoms with van der Waals surface area (Å²) in [5.41, 5.74) is 6.80. The number of aliphatic hydroxyl groups is 1. The zero-order valence-electron chi connectivity index (χ0n) is 8.65. The standard InChI is InChI=1S/C11H15ClN2O/c1-6-8(2-3-10(6)15)9-4-7(12)5-14-11(9)13/h4-6,8,10,15H,2-3H2,1H3,(H2,13,14). The molecule has 15 heavy (non-hydrogen) atoms. The molecule has 0 saturated heterocycles. The van der Waals surface area contributed by atoms with Crippen molar-refractivity contribution in [1.82, 2.24) is 4.98 Å². The highest BCUT2D eigenvalue weighted by Crippen LogP contribution is 2.41. The van der Waals surface area contributed by atoms with Crippen LogP contribution in [0, 0.1) is 5.92 Å². The molecule has 4 heteroatoms. The predicted octanol–water partition coefficient (Wildman–Crippen LogP) is 2.19. The molecule has 1 aliphatic rings. The van der Waals surface area contributed by atoms with E-state index in [9.17, 15) is 5.11 Å². The molecule has 1 aromatic heterocycles. The van der Waals surface area contributed by atoms with E-state index in [1.54, 1.807) is 6.20 Å². The van der Waals surface area contributed by atoms with E-state index >= 15 is 0 Å². The summed E-state index contributed by atoms with van der Waals surface area (Å²) in [6.07, 6.45) is 3.11. The Kier molecular flexibility index (Phi) is 2.85. The van der Waals surface area contributed by atoms with Gasteiger partial charge in [-0.25, -0.2) is 4.98 Å². The van der Waals surface area contributed by atoms with Crippen LogP contribution in [-0.2, 0) is 0 Å². The molecule has 3 nitrogen and oxygen atoms in total. The number of nitrogen functional groups attached to an aromatic ring is 1. The Bertz CT molecular complexity index is 370. The van der Waals surface area contributed by atoms with Crippen LogP contribution < -0.4 is 5.73 Å². The van der Waals surface area contributed by atoms with Crippen molar-refractivity contribution in [2.45, 2.75) is 31.8 Å². The summed E-state index contributed by atoms with van der Waals surface area (Å²) < 4.78 is 0. The Morgan fingerprint density at radius 3 is 2.87 bits per heavy atom. The Morgan fingerprint density at radius 2 is 2.27 bits per heavy atom. The second kappa shape index (κ2) is 3.99. The lowest BCUT2D eigenvalue weighted by Crippen LogP contribution is -2.15. The lowest BCUT2D eigenvalue weighted by Gasteiger charge is -2.19. The maximum absolute atomic E-state index is 9.70. The first kappa shape index (κ1) is 10.7. The van der Waals surface area contributed by atoms with E-state index in [1.165, 1.54) is 0 Å². The second-order valence-corrected chi connectivity index (χ2v) is 4.67. The third-order valence-electron chi connectivity index (χ3n) is 3.33. The molecule has 3 unspecified atom stereocenters. The van der Waals surface area contributed by atoms with Crippen molar-refractivity contribution >= 4 is 17.4 Å². The normalized spacial score (nSPS) is 30.7. The molecule has 3 atom stereocenters. The van der Waals surface area contributed by atoms with Gasteiger partial charge in [-0.3, -0.25) is 0 Å². The van der Waals surface area contributed by atoms with Gasteiger partial charge < -0.3 is 10.8 Å². The topological polar surface area (TPSA) is 59.1 Å². The zero-order valence-corrected chi connectivity index (χ0v) is 9.41. The van der Waals surface area contributed by atoms with Gasteiger partial charge in [-0.05, 0) is 36.3 Å². The van der Waals surface area contributed by atoms with E-state index in [-0.39, 0.29) is 17.9 Å². The Balaban J connectivity index is 2.33. The molecule has 1 aliphatic carbocycles. The van der Waals surface area contributed by atoms with Crippen molar-refractivity contribution in [1.29, 1.82) is 0 Å². The molecular weight excluding hydrogens is 212 g/mol. The van der Waals surface area contributed by atoms with Gasteiger partial charge in [0.1, 0.15) is 5.82 Å². The van der Waals surface area contributed by atoms with Crippen molar-refractivity contribution in [3.05, 3.63) is 22.8 Å². The van der Waals surface area contributed by atoms with Crippen LogP contribution in [0.5, 0.6) is 0 Å². The third kappa shape index (κ3) is 1.94. The summed E-state index contributed by atoms with van der Waals surface area (Å²) in [7, 11) is 0. The van der Waals surface area contributed by atoms with Crippen molar-refractivity contribution in [2.75, 3.05) is 5.73 Å². The molecule has 0 aliphatic heterocycles. The SMILES string of the molecule is CC1C(O)CCC1c1cc(Cl)cnc1N. The van der Waals surface area contributed by atoms with E-state index in [1.807, 2.05) is 13.0 Å². The fourth-order valence-corrected chi connectivity index (χ4v) is 2.51. The highest BCUT2D eigenvalue weighted by Gasteiger charge is 2.33. The number of aliphatic hydroxyl groups excluding tert-OH is 1. The van der Waals surface area contributed by atoms with Gasteiger partial charge in [-0.2, -0.15) is 0 Å². The van der Waals surface area contributed by atoms with Crippen LogP contribution in [0.1, 0.15) is 31.2 Å². The number of nitrogens with zero attached hydrogens (tertiary/aromatic N) is 1. The highest BCUT2D eigenvalue weighted by molar-refractivity contribution is 6.30. The molecule has 1 heterocycles. The first-order valence-electron chi connectivity index (χ1n) is 5.18. The Morgan fingerprint density at radius 1 is 1.53 bits per heavy atom. The summed E-state index contributed by atoms with van der Waals surface area (Å²) in [6, 6.07) is 1.86. The van der Waals surface area contributed by atoms with Gasteiger partial charge in [0, 0.05) is 6.20 Å². The Labute approximate surface area is 94.3 Å². The van der Waals surface area contributed by atoms with Gasteiger partial charge in [-0.15, -0.1) is 0 Å². The van der Waals surface area contributed by atoms with Crippen LogP contribution in [0.2, 0.25) is 5.02 Å². The minimum atomic E-state index is -0.228. The van der Waals surface area contributed by atoms with Crippen molar-refractivity contribution in [3.63, 3.8) is 0 Å². The summed E-state index contributed by atoms with van der Waals surface area (Å²) in [5.74, 6) is 1.05. The number of halogens is 1. The number of hydrogen-bond donors (Lipinski definition) is 2. The summed E-state index contributed by atoms with van der Waals surface area (Å²) in [6.45, 7) is 2.04. The maximum atomic E-state index is 9.70. The van der Waals surface area contributed by atoms with E-state index in [2.05, 4.69) is 4.98 Å². The molecule has 82 valence electrons. The largest absolute Gasteiger partial charge is 0.393 e. The van der Waals surface area contributed by atoms with Crippen LogP contribution in [0.3, 0.4) is 0 Å². The van der Waals surface area contributed by atoms with Crippen LogP contribution in [0.25, 0.3) is 0 Å². The highest BCUT2D eigenvalue weighted by atomic mass is 35.5. The van der Waals surface area contributed by atoms with Crippen LogP contribution in [0.4, 0.5) is 5.82 Å². The lowest BCUT2D eigenvalue weighted by molar-refractivity contribution is 0.136. The van der Waals surface area contributed by atoms with Crippen LogP contribution >= 0.6 is 11.6 Å². The molecule has 1 fully saturated rings. The number of pyridine rings is 1. The van der Waals surface area contributed by atoms with Gasteiger partial charge in [0.2, 0.25) is 0 Å². The van der Waals surface area contributed by atoms with Crippen molar-refractivity contribution < 1.29 is 5.11 Å². The number of anilines is 1. The summed E-state index contributed by atoms with van der Waals surface area (Å²) in [4.78, 5) is 4.05. The average molecular weight is 227 g/mol. The van der Waals surface area contributed by atoms with E-state index in [0.717, 1.165) is 18.4 Å². The monoisotopic (exact) mass is 226 g/mol. The van der Waals surface area contributed by atoms with E-state index in [0.29, 0.717) is 10.8 Å². The minimum Gasteiger partial charge on any atom is -0.393 e. The fourth-order valence-electron chi connectivity index (χ4n) is 2.35. The molecule has 0 spiro atoms. The maximum Gasteiger partial charge on any atom is 0.126 e. The zero-order chi connectivity index (χ0) is 11.0. The number of rotatable bonds is 1. The first-order chi connectivity index (χ1) is 7.09. The number of hydrogen-bond acceptors (Lipinski definition) is 3. The average Bonchev–Trinajstić information content (AvgIpc) is 2.52. The van der Waals surface area contributed by atoms with Crippen LogP contribution in [-0.4, -0.2) is 16.2 Å². The van der Waals surface area contributed by atoms with Gasteiger partial charge in [0.25, 0.3) is 0 Å². The molecule has 0 bridgehead atoms. The van der Waals surface area contributed by atoms with Crippen LogP contribution in [0.15, 0.2) is 12.3 Å². The van der Waals surface area contributed by atoms with Crippen molar-refractivity contribution in [3.8, 4) is 0 Å². The molecule has 1 aromatic rings. The number of aromatic nitrogens is 1. The smallest absolute Gasteiger partial charge is 0.126 e. The summed E-state index contributed by atoms with van der Waals surface area (Å²) >= 11 is 5.90. The molecule has 0 radical (unpaired) electrons. The molecule has 1 saturated carbocycles. The van der Waals surface area contributed by atoms with Gasteiger partial charge in [0.05, 0.1) is 11.1 Å². The quantitative estimate of drug-likeness (QED) is 0.772. The van der Waals surface area contributed by atoms with Gasteiger partial charge >= 0.3 is 0 Å². The molecule has 3 N–H and O–H groups in total. The van der Waals surface area contributed by atoms with Gasteiger partial charge in [-0.1, -0.05) is 18.5 Å². The molecule has 0 aromatic carbocycles. The third-order valence-corrected chi connectivity index (χ3v) is 3.54. The molecule has 2 rings (SSSR count). The minimum absolute atomic E-state index is 0.228. The first-order valence-corrected chi connectivity index (χ1v) is 5.56. The second-order valence-electron chi connectivity index (χ2n) is 4.24. The van der Waals surface area contributed by atoms with E-state index in [4.69, 9.17) is 17.3 Å². The predicted molar refractivity (Wildman–Crippen MR) is 60.8 cm³/mol. The number of nitrogens with two attached hydrogens (primary N) is 1. The summed E-state index contributed by atoms with van der Waals surface area (Å²) in [5, 5.41) is 10.3.